The number of pyridine rings is 1. The molecule has 0 bridgehead atoms. The number of ether oxygens (including phenoxy) is 2. The van der Waals surface area contributed by atoms with Gasteiger partial charge in [-0.1, -0.05) is 48.5 Å². The molecule has 1 fully saturated rings. The highest BCUT2D eigenvalue weighted by Gasteiger charge is 2.64. The van der Waals surface area contributed by atoms with Gasteiger partial charge in [-0.05, 0) is 31.0 Å². The van der Waals surface area contributed by atoms with Crippen LogP contribution in [0.3, 0.4) is 0 Å². The van der Waals surface area contributed by atoms with E-state index in [2.05, 4.69) is 10.6 Å². The monoisotopic (exact) mass is 419 g/mol. The summed E-state index contributed by atoms with van der Waals surface area (Å²) < 4.78 is 11.3. The van der Waals surface area contributed by atoms with Gasteiger partial charge in [0.05, 0.1) is 6.61 Å². The van der Waals surface area contributed by atoms with Crippen molar-refractivity contribution in [3.8, 4) is 5.75 Å². The van der Waals surface area contributed by atoms with E-state index in [1.807, 2.05) is 60.7 Å². The summed E-state index contributed by atoms with van der Waals surface area (Å²) in [4.78, 5) is 29.4. The van der Waals surface area contributed by atoms with Gasteiger partial charge in [-0.3, -0.25) is 0 Å². The van der Waals surface area contributed by atoms with Crippen molar-refractivity contribution < 1.29 is 19.1 Å². The molecule has 2 N–H and O–H groups in total. The highest BCUT2D eigenvalue weighted by atomic mass is 16.5. The van der Waals surface area contributed by atoms with Gasteiger partial charge in [0.15, 0.2) is 0 Å². The molecule has 1 saturated carbocycles. The van der Waals surface area contributed by atoms with E-state index in [0.29, 0.717) is 24.5 Å². The lowest BCUT2D eigenvalue weighted by Crippen LogP contribution is -2.49. The molecular formula is C24H25N3O4. The third-order valence-corrected chi connectivity index (χ3v) is 5.46. The molecule has 2 aromatic carbocycles. The van der Waals surface area contributed by atoms with Gasteiger partial charge in [-0.2, -0.15) is 0 Å². The number of hydrogen-bond donors (Lipinski definition) is 2. The molecule has 0 radical (unpaired) electrons. The number of carbonyl (C=O) groups is 2. The van der Waals surface area contributed by atoms with Crippen LogP contribution in [0.2, 0.25) is 0 Å². The Hall–Kier alpha value is -3.61. The number of benzene rings is 2. The SMILES string of the molecule is CCOC(=O)C1(NC(=O)NC)CC1c1ccc2cccc(OCc3ccccc3)c2n1. The van der Waals surface area contributed by atoms with Crippen molar-refractivity contribution in [2.24, 2.45) is 0 Å². The number of hydrogen-bond acceptors (Lipinski definition) is 5. The smallest absolute Gasteiger partial charge is 0.332 e. The lowest BCUT2D eigenvalue weighted by molar-refractivity contribution is -0.146. The Bertz CT molecular complexity index is 1100. The van der Waals surface area contributed by atoms with E-state index in [1.54, 1.807) is 6.92 Å². The van der Waals surface area contributed by atoms with Crippen molar-refractivity contribution in [2.45, 2.75) is 31.4 Å². The molecule has 3 aromatic rings. The lowest BCUT2D eigenvalue weighted by atomic mass is 10.1. The second kappa shape index (κ2) is 8.63. The first kappa shape index (κ1) is 20.7. The Labute approximate surface area is 180 Å². The zero-order chi connectivity index (χ0) is 21.8. The van der Waals surface area contributed by atoms with Crippen molar-refractivity contribution >= 4 is 22.9 Å². The predicted molar refractivity (Wildman–Crippen MR) is 117 cm³/mol. The van der Waals surface area contributed by atoms with E-state index in [-0.39, 0.29) is 12.5 Å². The second-order valence-corrected chi connectivity index (χ2v) is 7.49. The van der Waals surface area contributed by atoms with Gasteiger partial charge < -0.3 is 20.1 Å². The fourth-order valence-electron chi connectivity index (χ4n) is 3.74. The van der Waals surface area contributed by atoms with Crippen LogP contribution >= 0.6 is 0 Å². The molecule has 7 heteroatoms. The van der Waals surface area contributed by atoms with Crippen molar-refractivity contribution in [3.63, 3.8) is 0 Å². The van der Waals surface area contributed by atoms with E-state index < -0.39 is 17.5 Å². The Morgan fingerprint density at radius 3 is 2.65 bits per heavy atom. The van der Waals surface area contributed by atoms with Crippen LogP contribution in [0, 0.1) is 0 Å². The quantitative estimate of drug-likeness (QED) is 0.572. The topological polar surface area (TPSA) is 89.5 Å². The molecule has 4 rings (SSSR count). The molecule has 2 atom stereocenters. The molecule has 7 nitrogen and oxygen atoms in total. The summed E-state index contributed by atoms with van der Waals surface area (Å²) in [5, 5.41) is 6.21. The summed E-state index contributed by atoms with van der Waals surface area (Å²) in [5.74, 6) is -0.0422. The normalized spacial score (nSPS) is 19.5. The number of para-hydroxylation sites is 1. The van der Waals surface area contributed by atoms with Gasteiger partial charge in [0, 0.05) is 24.0 Å². The average molecular weight is 419 g/mol. The maximum Gasteiger partial charge on any atom is 0.332 e. The number of fused-ring (bicyclic) bond motifs is 1. The number of amides is 2. The third kappa shape index (κ3) is 4.17. The molecule has 2 unspecified atom stereocenters. The number of carbonyl (C=O) groups excluding carboxylic acids is 2. The Kier molecular flexibility index (Phi) is 5.75. The van der Waals surface area contributed by atoms with Gasteiger partial charge in [0.1, 0.15) is 23.4 Å². The summed E-state index contributed by atoms with van der Waals surface area (Å²) in [5.41, 5.74) is 1.40. The number of aromatic nitrogens is 1. The molecule has 0 aliphatic heterocycles. The minimum atomic E-state index is -1.10. The van der Waals surface area contributed by atoms with Crippen molar-refractivity contribution in [1.29, 1.82) is 0 Å². The summed E-state index contributed by atoms with van der Waals surface area (Å²) in [7, 11) is 1.51. The molecule has 31 heavy (non-hydrogen) atoms. The number of rotatable bonds is 7. The predicted octanol–water partition coefficient (Wildman–Crippen LogP) is 3.53. The van der Waals surface area contributed by atoms with Gasteiger partial charge in [-0.15, -0.1) is 0 Å². The fourth-order valence-corrected chi connectivity index (χ4v) is 3.74. The maximum absolute atomic E-state index is 12.6. The molecule has 160 valence electrons. The van der Waals surface area contributed by atoms with Gasteiger partial charge in [-0.25, -0.2) is 14.6 Å². The van der Waals surface area contributed by atoms with Crippen LogP contribution in [0.5, 0.6) is 5.75 Å². The Morgan fingerprint density at radius 2 is 1.90 bits per heavy atom. The van der Waals surface area contributed by atoms with Crippen LogP contribution in [0.25, 0.3) is 10.9 Å². The summed E-state index contributed by atoms with van der Waals surface area (Å²) >= 11 is 0. The molecule has 1 heterocycles. The zero-order valence-electron chi connectivity index (χ0n) is 17.6. The third-order valence-electron chi connectivity index (χ3n) is 5.46. The first-order valence-corrected chi connectivity index (χ1v) is 10.3. The molecule has 0 spiro atoms. The van der Waals surface area contributed by atoms with Crippen LogP contribution in [0.15, 0.2) is 60.7 Å². The number of nitrogens with zero attached hydrogens (tertiary/aromatic N) is 1. The average Bonchev–Trinajstić information content (AvgIpc) is 3.53. The van der Waals surface area contributed by atoms with E-state index in [0.717, 1.165) is 16.5 Å². The molecule has 1 aromatic heterocycles. The van der Waals surface area contributed by atoms with Gasteiger partial charge >= 0.3 is 12.0 Å². The van der Waals surface area contributed by atoms with Crippen LogP contribution in [0.1, 0.15) is 30.5 Å². The highest BCUT2D eigenvalue weighted by molar-refractivity contribution is 5.92. The van der Waals surface area contributed by atoms with Gasteiger partial charge in [0.2, 0.25) is 0 Å². The fraction of sp³-hybridized carbons (Fsp3) is 0.292. The minimum absolute atomic E-state index is 0.241. The van der Waals surface area contributed by atoms with E-state index >= 15 is 0 Å². The molecule has 2 amide bonds. The minimum Gasteiger partial charge on any atom is -0.487 e. The second-order valence-electron chi connectivity index (χ2n) is 7.49. The van der Waals surface area contributed by atoms with Crippen LogP contribution in [-0.2, 0) is 16.1 Å². The Morgan fingerprint density at radius 1 is 1.10 bits per heavy atom. The first-order valence-electron chi connectivity index (χ1n) is 10.3. The van der Waals surface area contributed by atoms with E-state index in [4.69, 9.17) is 14.5 Å². The van der Waals surface area contributed by atoms with Crippen molar-refractivity contribution in [3.05, 3.63) is 71.9 Å². The summed E-state index contributed by atoms with van der Waals surface area (Å²) in [6.07, 6.45) is 0.435. The molecule has 0 saturated heterocycles. The van der Waals surface area contributed by atoms with Crippen molar-refractivity contribution in [2.75, 3.05) is 13.7 Å². The first-order chi connectivity index (χ1) is 15.1. The van der Waals surface area contributed by atoms with Crippen molar-refractivity contribution in [1.82, 2.24) is 15.6 Å². The van der Waals surface area contributed by atoms with Crippen LogP contribution < -0.4 is 15.4 Å². The molecular weight excluding hydrogens is 394 g/mol. The zero-order valence-corrected chi connectivity index (χ0v) is 17.6. The van der Waals surface area contributed by atoms with Crippen LogP contribution in [-0.4, -0.2) is 36.2 Å². The maximum atomic E-state index is 12.6. The molecule has 1 aliphatic carbocycles. The summed E-state index contributed by atoms with van der Waals surface area (Å²) in [6, 6.07) is 19.1. The highest BCUT2D eigenvalue weighted by Crippen LogP contribution is 2.52. The largest absolute Gasteiger partial charge is 0.487 e. The summed E-state index contributed by atoms with van der Waals surface area (Å²) in [6.45, 7) is 2.42. The number of nitrogens with one attached hydrogen (secondary N) is 2. The van der Waals surface area contributed by atoms with E-state index in [9.17, 15) is 9.59 Å². The van der Waals surface area contributed by atoms with Gasteiger partial charge in [0.25, 0.3) is 0 Å². The van der Waals surface area contributed by atoms with Crippen LogP contribution in [0.4, 0.5) is 4.79 Å². The molecule has 1 aliphatic rings. The number of urea groups is 1. The lowest BCUT2D eigenvalue weighted by Gasteiger charge is -2.18. The standard InChI is InChI=1S/C24H25N3O4/c1-3-30-22(28)24(27-23(29)25-2)14-18(24)19-13-12-17-10-7-11-20(21(17)26-19)31-15-16-8-5-4-6-9-16/h4-13,18H,3,14-15H2,1-2H3,(H2,25,27,29). The number of esters is 1. The van der Waals surface area contributed by atoms with E-state index in [1.165, 1.54) is 7.05 Å². The Balaban J connectivity index is 1.62.